The number of carbonyl (C=O) groups is 3. The average molecular weight is 335 g/mol. The van der Waals surface area contributed by atoms with Crippen LogP contribution < -0.4 is 10.2 Å². The number of nitrogens with zero attached hydrogens (tertiary/aromatic N) is 2. The molecule has 0 atom stereocenters. The number of ketones is 1. The summed E-state index contributed by atoms with van der Waals surface area (Å²) in [5.41, 5.74) is 0.781. The van der Waals surface area contributed by atoms with Gasteiger partial charge in [-0.2, -0.15) is 0 Å². The Morgan fingerprint density at radius 2 is 1.83 bits per heavy atom. The summed E-state index contributed by atoms with van der Waals surface area (Å²) >= 11 is 0. The maximum absolute atomic E-state index is 14.2. The molecule has 0 unspecified atom stereocenters. The highest BCUT2D eigenvalue weighted by Gasteiger charge is 2.23. The van der Waals surface area contributed by atoms with E-state index in [1.165, 1.54) is 13.0 Å². The van der Waals surface area contributed by atoms with Crippen LogP contribution in [0.3, 0.4) is 0 Å². The molecule has 2 amide bonds. The lowest BCUT2D eigenvalue weighted by atomic mass is 10.1. The summed E-state index contributed by atoms with van der Waals surface area (Å²) < 4.78 is 14.2. The molecule has 0 aliphatic carbocycles. The fraction of sp³-hybridized carbons (Fsp3) is 0.471. The molecule has 0 spiro atoms. The Morgan fingerprint density at radius 3 is 2.38 bits per heavy atom. The van der Waals surface area contributed by atoms with E-state index in [0.717, 1.165) is 0 Å². The number of Topliss-reactive ketones (excluding diaryl/α,β-unsaturated/α-hetero) is 1. The lowest BCUT2D eigenvalue weighted by Crippen LogP contribution is -2.51. The second kappa shape index (κ2) is 7.90. The quantitative estimate of drug-likeness (QED) is 0.821. The number of rotatable bonds is 5. The fourth-order valence-electron chi connectivity index (χ4n) is 2.59. The van der Waals surface area contributed by atoms with Crippen LogP contribution in [0.2, 0.25) is 0 Å². The first-order valence-corrected chi connectivity index (χ1v) is 8.02. The van der Waals surface area contributed by atoms with E-state index in [1.54, 1.807) is 24.0 Å². The molecule has 24 heavy (non-hydrogen) atoms. The number of hydrogen-bond acceptors (Lipinski definition) is 4. The maximum Gasteiger partial charge on any atom is 0.242 e. The molecule has 0 saturated carbocycles. The highest BCUT2D eigenvalue weighted by atomic mass is 19.1. The van der Waals surface area contributed by atoms with Crippen molar-refractivity contribution in [1.82, 2.24) is 10.2 Å². The van der Waals surface area contributed by atoms with Crippen LogP contribution in [-0.2, 0) is 9.59 Å². The number of hydrogen-bond donors (Lipinski definition) is 1. The molecule has 0 aromatic heterocycles. The van der Waals surface area contributed by atoms with E-state index in [-0.39, 0.29) is 24.1 Å². The van der Waals surface area contributed by atoms with Gasteiger partial charge in [0.15, 0.2) is 5.78 Å². The molecule has 1 heterocycles. The molecule has 0 radical (unpaired) electrons. The lowest BCUT2D eigenvalue weighted by molar-refractivity contribution is -0.133. The van der Waals surface area contributed by atoms with Gasteiger partial charge in [0.25, 0.3) is 0 Å². The van der Waals surface area contributed by atoms with Gasteiger partial charge in [-0.15, -0.1) is 0 Å². The highest BCUT2D eigenvalue weighted by Crippen LogP contribution is 2.22. The second-order valence-electron chi connectivity index (χ2n) is 5.72. The van der Waals surface area contributed by atoms with E-state index >= 15 is 0 Å². The van der Waals surface area contributed by atoms with Crippen molar-refractivity contribution in [3.8, 4) is 0 Å². The third-order valence-corrected chi connectivity index (χ3v) is 4.09. The largest absolute Gasteiger partial charge is 0.366 e. The molecule has 7 heteroatoms. The number of benzene rings is 1. The monoisotopic (exact) mass is 335 g/mol. The number of anilines is 1. The molecule has 1 fully saturated rings. The van der Waals surface area contributed by atoms with E-state index in [1.807, 2.05) is 4.90 Å². The van der Waals surface area contributed by atoms with Crippen molar-refractivity contribution in [2.24, 2.45) is 0 Å². The molecule has 1 saturated heterocycles. The number of amides is 2. The topological polar surface area (TPSA) is 69.7 Å². The van der Waals surface area contributed by atoms with E-state index in [9.17, 15) is 18.8 Å². The molecular weight excluding hydrogens is 313 g/mol. The summed E-state index contributed by atoms with van der Waals surface area (Å²) in [7, 11) is 0. The SMILES string of the molecule is CCC(=O)NCC(=O)N1CCN(c2ccc(C(C)=O)cc2F)CC1. The second-order valence-corrected chi connectivity index (χ2v) is 5.72. The van der Waals surface area contributed by atoms with Gasteiger partial charge in [-0.1, -0.05) is 6.92 Å². The van der Waals surface area contributed by atoms with E-state index in [0.29, 0.717) is 43.9 Å². The normalized spacial score (nSPS) is 14.5. The van der Waals surface area contributed by atoms with Crippen molar-refractivity contribution in [2.45, 2.75) is 20.3 Å². The van der Waals surface area contributed by atoms with Crippen molar-refractivity contribution < 1.29 is 18.8 Å². The first kappa shape index (κ1) is 17.9. The van der Waals surface area contributed by atoms with Crippen LogP contribution in [-0.4, -0.2) is 55.2 Å². The van der Waals surface area contributed by atoms with Gasteiger partial charge in [0.2, 0.25) is 11.8 Å². The zero-order valence-electron chi connectivity index (χ0n) is 14.0. The predicted octanol–water partition coefficient (Wildman–Crippen LogP) is 1.20. The van der Waals surface area contributed by atoms with Crippen molar-refractivity contribution in [2.75, 3.05) is 37.6 Å². The summed E-state index contributed by atoms with van der Waals surface area (Å²) in [6, 6.07) is 4.46. The minimum atomic E-state index is -0.433. The lowest BCUT2D eigenvalue weighted by Gasteiger charge is -2.36. The minimum absolute atomic E-state index is 0.00561. The Bertz CT molecular complexity index is 640. The third kappa shape index (κ3) is 4.31. The molecular formula is C17H22FN3O3. The van der Waals surface area contributed by atoms with Crippen LogP contribution in [0, 0.1) is 5.82 Å². The number of piperazine rings is 1. The Kier molecular flexibility index (Phi) is 5.89. The first-order valence-electron chi connectivity index (χ1n) is 8.02. The molecule has 6 nitrogen and oxygen atoms in total. The Labute approximate surface area is 140 Å². The molecule has 0 bridgehead atoms. The van der Waals surface area contributed by atoms with Gasteiger partial charge in [0.05, 0.1) is 12.2 Å². The van der Waals surface area contributed by atoms with Crippen molar-refractivity contribution >= 4 is 23.3 Å². The Hall–Kier alpha value is -2.44. The van der Waals surface area contributed by atoms with E-state index in [2.05, 4.69) is 5.32 Å². The molecule has 1 aromatic rings. The minimum Gasteiger partial charge on any atom is -0.366 e. The smallest absolute Gasteiger partial charge is 0.242 e. The summed E-state index contributed by atoms with van der Waals surface area (Å²) in [5.74, 6) is -0.902. The molecule has 1 aromatic carbocycles. The maximum atomic E-state index is 14.2. The van der Waals surface area contributed by atoms with Gasteiger partial charge in [0.1, 0.15) is 5.82 Å². The Morgan fingerprint density at radius 1 is 1.17 bits per heavy atom. The summed E-state index contributed by atoms with van der Waals surface area (Å²) in [5, 5.41) is 2.56. The fourth-order valence-corrected chi connectivity index (χ4v) is 2.59. The van der Waals surface area contributed by atoms with Gasteiger partial charge in [0, 0.05) is 38.2 Å². The van der Waals surface area contributed by atoms with Crippen LogP contribution in [0.4, 0.5) is 10.1 Å². The van der Waals surface area contributed by atoms with E-state index < -0.39 is 5.82 Å². The van der Waals surface area contributed by atoms with Gasteiger partial charge < -0.3 is 15.1 Å². The summed E-state index contributed by atoms with van der Waals surface area (Å²) in [6.07, 6.45) is 0.344. The predicted molar refractivity (Wildman–Crippen MR) is 88.5 cm³/mol. The molecule has 1 aliphatic rings. The van der Waals surface area contributed by atoms with Crippen LogP contribution >= 0.6 is 0 Å². The number of nitrogens with one attached hydrogen (secondary N) is 1. The van der Waals surface area contributed by atoms with Crippen LogP contribution in [0.5, 0.6) is 0 Å². The van der Waals surface area contributed by atoms with Gasteiger partial charge >= 0.3 is 0 Å². The van der Waals surface area contributed by atoms with Crippen molar-refractivity contribution in [3.63, 3.8) is 0 Å². The number of carbonyl (C=O) groups excluding carboxylic acids is 3. The van der Waals surface area contributed by atoms with Crippen LogP contribution in [0.15, 0.2) is 18.2 Å². The van der Waals surface area contributed by atoms with Crippen LogP contribution in [0.25, 0.3) is 0 Å². The standard InChI is InChI=1S/C17H22FN3O3/c1-3-16(23)19-11-17(24)21-8-6-20(7-9-21)15-5-4-13(12(2)22)10-14(15)18/h4-5,10H,3,6-9,11H2,1-2H3,(H,19,23). The van der Waals surface area contributed by atoms with Crippen molar-refractivity contribution in [3.05, 3.63) is 29.6 Å². The molecule has 130 valence electrons. The Balaban J connectivity index is 1.92. The molecule has 1 N–H and O–H groups in total. The van der Waals surface area contributed by atoms with Gasteiger partial charge in [-0.05, 0) is 25.1 Å². The number of halogens is 1. The summed E-state index contributed by atoms with van der Waals surface area (Å²) in [4.78, 5) is 38.0. The van der Waals surface area contributed by atoms with Gasteiger partial charge in [-0.25, -0.2) is 4.39 Å². The highest BCUT2D eigenvalue weighted by molar-refractivity contribution is 5.94. The zero-order chi connectivity index (χ0) is 17.7. The van der Waals surface area contributed by atoms with Crippen molar-refractivity contribution in [1.29, 1.82) is 0 Å². The first-order chi connectivity index (χ1) is 11.4. The molecule has 1 aliphatic heterocycles. The third-order valence-electron chi connectivity index (χ3n) is 4.09. The molecule has 2 rings (SSSR count). The summed E-state index contributed by atoms with van der Waals surface area (Å²) in [6.45, 7) is 5.06. The van der Waals surface area contributed by atoms with Gasteiger partial charge in [-0.3, -0.25) is 14.4 Å². The average Bonchev–Trinajstić information content (AvgIpc) is 2.59. The zero-order valence-corrected chi connectivity index (χ0v) is 14.0. The van der Waals surface area contributed by atoms with E-state index in [4.69, 9.17) is 0 Å². The van der Waals surface area contributed by atoms with Crippen LogP contribution in [0.1, 0.15) is 30.6 Å².